The standard InChI is InChI=1S/C13H15N5O5/c1-13(21)9(20)7(4-19)23-12(13)18-3-6(14-2)8-10(17-22)15-5-16-11(8)18/h3,5,7,9,12,19-22H,4H2,1H3,(H,15,16,17)/t7?,9?,12?,13-/m1/s1. The van der Waals surface area contributed by atoms with Gasteiger partial charge in [0.15, 0.2) is 12.0 Å². The average molecular weight is 321 g/mol. The molecule has 0 bridgehead atoms. The van der Waals surface area contributed by atoms with Crippen molar-refractivity contribution in [3.63, 3.8) is 0 Å². The molecular weight excluding hydrogens is 306 g/mol. The van der Waals surface area contributed by atoms with E-state index in [-0.39, 0.29) is 22.5 Å². The summed E-state index contributed by atoms with van der Waals surface area (Å²) in [5.74, 6) is 0.0386. The highest BCUT2D eigenvalue weighted by atomic mass is 16.6. The molecule has 2 aromatic rings. The molecule has 1 saturated heterocycles. The van der Waals surface area contributed by atoms with Crippen molar-refractivity contribution in [2.45, 2.75) is 31.0 Å². The van der Waals surface area contributed by atoms with Crippen molar-refractivity contribution in [2.24, 2.45) is 0 Å². The van der Waals surface area contributed by atoms with Crippen molar-refractivity contribution in [3.05, 3.63) is 23.9 Å². The Morgan fingerprint density at radius 3 is 2.83 bits per heavy atom. The minimum Gasteiger partial charge on any atom is -0.394 e. The lowest BCUT2D eigenvalue weighted by atomic mass is 9.96. The Bertz CT molecular complexity index is 783. The van der Waals surface area contributed by atoms with Crippen LogP contribution in [0, 0.1) is 6.57 Å². The molecule has 0 spiro atoms. The fraction of sp³-hybridized carbons (Fsp3) is 0.462. The van der Waals surface area contributed by atoms with E-state index in [1.807, 2.05) is 5.48 Å². The van der Waals surface area contributed by atoms with E-state index in [9.17, 15) is 15.3 Å². The van der Waals surface area contributed by atoms with E-state index in [1.165, 1.54) is 24.0 Å². The maximum atomic E-state index is 10.6. The molecule has 122 valence electrons. The summed E-state index contributed by atoms with van der Waals surface area (Å²) in [6.45, 7) is 8.15. The molecule has 0 radical (unpaired) electrons. The highest BCUT2D eigenvalue weighted by Gasteiger charge is 2.53. The smallest absolute Gasteiger partial charge is 0.217 e. The van der Waals surface area contributed by atoms with Crippen LogP contribution in [-0.2, 0) is 4.74 Å². The zero-order chi connectivity index (χ0) is 16.8. The predicted molar refractivity (Wildman–Crippen MR) is 76.8 cm³/mol. The van der Waals surface area contributed by atoms with E-state index in [0.29, 0.717) is 0 Å². The van der Waals surface area contributed by atoms with Crippen molar-refractivity contribution in [1.29, 1.82) is 0 Å². The summed E-state index contributed by atoms with van der Waals surface area (Å²) in [7, 11) is 0. The molecule has 23 heavy (non-hydrogen) atoms. The summed E-state index contributed by atoms with van der Waals surface area (Å²) in [4.78, 5) is 11.3. The van der Waals surface area contributed by atoms with Gasteiger partial charge in [-0.25, -0.2) is 14.8 Å². The van der Waals surface area contributed by atoms with E-state index >= 15 is 0 Å². The number of fused-ring (bicyclic) bond motifs is 1. The molecule has 10 nitrogen and oxygen atoms in total. The van der Waals surface area contributed by atoms with E-state index in [4.69, 9.17) is 16.5 Å². The summed E-state index contributed by atoms with van der Waals surface area (Å²) in [5, 5.41) is 39.3. The van der Waals surface area contributed by atoms with Gasteiger partial charge in [0.1, 0.15) is 29.8 Å². The van der Waals surface area contributed by atoms with Crippen LogP contribution in [0.15, 0.2) is 12.5 Å². The monoisotopic (exact) mass is 321 g/mol. The SMILES string of the molecule is [C-]#[N+]c1cn(C2OC(CO)C(O)[C@@]2(C)O)c2ncnc(NO)c12. The number of anilines is 1. The third-order valence-electron chi connectivity index (χ3n) is 4.00. The van der Waals surface area contributed by atoms with Crippen LogP contribution in [0.25, 0.3) is 15.9 Å². The van der Waals surface area contributed by atoms with Crippen LogP contribution in [0.3, 0.4) is 0 Å². The summed E-state index contributed by atoms with van der Waals surface area (Å²) in [6, 6.07) is 0. The zero-order valence-corrected chi connectivity index (χ0v) is 12.1. The topological polar surface area (TPSA) is 137 Å². The first-order chi connectivity index (χ1) is 11.0. The van der Waals surface area contributed by atoms with Gasteiger partial charge >= 0.3 is 0 Å². The zero-order valence-electron chi connectivity index (χ0n) is 12.1. The van der Waals surface area contributed by atoms with Crippen LogP contribution in [0.1, 0.15) is 13.2 Å². The third-order valence-corrected chi connectivity index (χ3v) is 4.00. The van der Waals surface area contributed by atoms with Gasteiger partial charge in [-0.05, 0) is 6.92 Å². The minimum atomic E-state index is -1.71. The van der Waals surface area contributed by atoms with E-state index in [2.05, 4.69) is 14.8 Å². The van der Waals surface area contributed by atoms with Gasteiger partial charge < -0.3 is 24.6 Å². The summed E-state index contributed by atoms with van der Waals surface area (Å²) in [6.07, 6.45) is -0.799. The van der Waals surface area contributed by atoms with Gasteiger partial charge in [-0.3, -0.25) is 10.7 Å². The number of nitrogens with one attached hydrogen (secondary N) is 1. The summed E-state index contributed by atoms with van der Waals surface area (Å²) >= 11 is 0. The Morgan fingerprint density at radius 2 is 2.26 bits per heavy atom. The average Bonchev–Trinajstić information content (AvgIpc) is 3.03. The van der Waals surface area contributed by atoms with Crippen LogP contribution >= 0.6 is 0 Å². The number of ether oxygens (including phenoxy) is 1. The van der Waals surface area contributed by atoms with Crippen molar-refractivity contribution < 1.29 is 25.3 Å². The highest BCUT2D eigenvalue weighted by molar-refractivity contribution is 5.99. The minimum absolute atomic E-state index is 0.0386. The molecule has 2 aromatic heterocycles. The Hall–Kier alpha value is -2.29. The van der Waals surface area contributed by atoms with Crippen molar-refractivity contribution >= 4 is 22.5 Å². The quantitative estimate of drug-likeness (QED) is 0.387. The maximum Gasteiger partial charge on any atom is 0.217 e. The van der Waals surface area contributed by atoms with Crippen LogP contribution in [0.4, 0.5) is 11.5 Å². The molecule has 4 atom stereocenters. The lowest BCUT2D eigenvalue weighted by molar-refractivity contribution is -0.0947. The van der Waals surface area contributed by atoms with Crippen molar-refractivity contribution in [3.8, 4) is 0 Å². The maximum absolute atomic E-state index is 10.6. The van der Waals surface area contributed by atoms with Crippen LogP contribution in [0.5, 0.6) is 0 Å². The van der Waals surface area contributed by atoms with E-state index in [1.54, 1.807) is 0 Å². The predicted octanol–water partition coefficient (Wildman–Crippen LogP) is -0.215. The molecule has 0 aromatic carbocycles. The Labute approximate surface area is 130 Å². The summed E-state index contributed by atoms with van der Waals surface area (Å²) < 4.78 is 6.91. The van der Waals surface area contributed by atoms with Crippen LogP contribution < -0.4 is 5.48 Å². The fourth-order valence-corrected chi connectivity index (χ4v) is 2.80. The second kappa shape index (κ2) is 5.41. The number of aromatic nitrogens is 3. The molecule has 0 saturated carbocycles. The second-order valence-electron chi connectivity index (χ2n) is 5.45. The molecule has 1 aliphatic rings. The molecule has 0 amide bonds. The normalized spacial score (nSPS) is 30.5. The van der Waals surface area contributed by atoms with E-state index in [0.717, 1.165) is 0 Å². The number of aliphatic hydroxyl groups is 3. The van der Waals surface area contributed by atoms with Gasteiger partial charge in [0.05, 0.1) is 18.6 Å². The van der Waals surface area contributed by atoms with Crippen molar-refractivity contribution in [1.82, 2.24) is 14.5 Å². The molecule has 5 N–H and O–H groups in total. The van der Waals surface area contributed by atoms with Gasteiger partial charge in [-0.1, -0.05) is 0 Å². The molecule has 1 fully saturated rings. The fourth-order valence-electron chi connectivity index (χ4n) is 2.80. The Morgan fingerprint density at radius 1 is 1.52 bits per heavy atom. The molecule has 0 aliphatic carbocycles. The molecule has 3 unspecified atom stereocenters. The first kappa shape index (κ1) is 15.6. The molecule has 3 rings (SSSR count). The lowest BCUT2D eigenvalue weighted by Crippen LogP contribution is -2.44. The first-order valence-corrected chi connectivity index (χ1v) is 6.75. The number of hydrogen-bond acceptors (Lipinski definition) is 8. The first-order valence-electron chi connectivity index (χ1n) is 6.75. The van der Waals surface area contributed by atoms with Gasteiger partial charge in [0.2, 0.25) is 5.69 Å². The molecule has 1 aliphatic heterocycles. The van der Waals surface area contributed by atoms with Crippen LogP contribution in [-0.4, -0.2) is 59.5 Å². The number of aliphatic hydroxyl groups excluding tert-OH is 2. The second-order valence-corrected chi connectivity index (χ2v) is 5.45. The van der Waals surface area contributed by atoms with Gasteiger partial charge in [-0.2, -0.15) is 0 Å². The number of hydrogen-bond donors (Lipinski definition) is 5. The van der Waals surface area contributed by atoms with Crippen molar-refractivity contribution in [2.75, 3.05) is 12.1 Å². The summed E-state index contributed by atoms with van der Waals surface area (Å²) in [5.41, 5.74) is 0.558. The Kier molecular flexibility index (Phi) is 3.67. The van der Waals surface area contributed by atoms with Crippen LogP contribution in [0.2, 0.25) is 0 Å². The Balaban J connectivity index is 2.20. The molecule has 10 heteroatoms. The lowest BCUT2D eigenvalue weighted by Gasteiger charge is -2.27. The van der Waals surface area contributed by atoms with Gasteiger partial charge in [0.25, 0.3) is 0 Å². The van der Waals surface area contributed by atoms with Gasteiger partial charge in [0, 0.05) is 6.20 Å². The molecule has 3 heterocycles. The number of rotatable bonds is 3. The van der Waals surface area contributed by atoms with Gasteiger partial charge in [-0.15, -0.1) is 0 Å². The number of nitrogens with zero attached hydrogens (tertiary/aromatic N) is 4. The largest absolute Gasteiger partial charge is 0.394 e. The third kappa shape index (κ3) is 2.14. The molecular formula is C13H15N5O5. The van der Waals surface area contributed by atoms with E-state index < -0.39 is 30.6 Å². The highest BCUT2D eigenvalue weighted by Crippen LogP contribution is 2.42.